The van der Waals surface area contributed by atoms with Gasteiger partial charge in [0.2, 0.25) is 17.1 Å². The summed E-state index contributed by atoms with van der Waals surface area (Å²) >= 11 is 5.70. The van der Waals surface area contributed by atoms with Crippen molar-refractivity contribution in [3.63, 3.8) is 0 Å². The zero-order valence-corrected chi connectivity index (χ0v) is 11.1. The number of nitrogens with zero attached hydrogens (tertiary/aromatic N) is 3. The summed E-state index contributed by atoms with van der Waals surface area (Å²) in [5.41, 5.74) is 0. The van der Waals surface area contributed by atoms with Crippen molar-refractivity contribution >= 4 is 23.5 Å². The quantitative estimate of drug-likeness (QED) is 0.766. The standard InChI is InChI=1S/C10H16ClN5O2/c1-3-5-12-7(17)6-13-9-14-8(11)15-10(16-9)18-4-2/h3-6H2,1-2H3,(H,12,17)(H,13,14,15,16). The molecule has 0 saturated carbocycles. The first-order valence-corrected chi connectivity index (χ1v) is 6.08. The highest BCUT2D eigenvalue weighted by molar-refractivity contribution is 6.28. The summed E-state index contributed by atoms with van der Waals surface area (Å²) < 4.78 is 5.11. The van der Waals surface area contributed by atoms with Gasteiger partial charge in [-0.1, -0.05) is 6.92 Å². The number of nitrogens with one attached hydrogen (secondary N) is 2. The zero-order chi connectivity index (χ0) is 13.4. The van der Waals surface area contributed by atoms with E-state index in [4.69, 9.17) is 16.3 Å². The van der Waals surface area contributed by atoms with Gasteiger partial charge in [-0.2, -0.15) is 15.0 Å². The molecule has 8 heteroatoms. The molecule has 0 aromatic carbocycles. The van der Waals surface area contributed by atoms with Gasteiger partial charge in [0.15, 0.2) is 0 Å². The molecule has 0 spiro atoms. The lowest BCUT2D eigenvalue weighted by molar-refractivity contribution is -0.119. The molecule has 7 nitrogen and oxygen atoms in total. The monoisotopic (exact) mass is 273 g/mol. The Bertz CT molecular complexity index is 402. The second kappa shape index (κ2) is 7.65. The van der Waals surface area contributed by atoms with Gasteiger partial charge in [-0.25, -0.2) is 0 Å². The maximum atomic E-state index is 11.4. The molecular weight excluding hydrogens is 258 g/mol. The van der Waals surface area contributed by atoms with Crippen molar-refractivity contribution in [2.75, 3.05) is 25.0 Å². The highest BCUT2D eigenvalue weighted by atomic mass is 35.5. The second-order valence-corrected chi connectivity index (χ2v) is 3.69. The summed E-state index contributed by atoms with van der Waals surface area (Å²) in [6.07, 6.45) is 0.887. The Hall–Kier alpha value is -1.63. The first-order valence-electron chi connectivity index (χ1n) is 5.70. The molecule has 0 aliphatic carbocycles. The number of carbonyl (C=O) groups excluding carboxylic acids is 1. The van der Waals surface area contributed by atoms with Crippen LogP contribution in [0.25, 0.3) is 0 Å². The number of rotatable bonds is 7. The van der Waals surface area contributed by atoms with Gasteiger partial charge in [-0.15, -0.1) is 0 Å². The number of hydrogen-bond donors (Lipinski definition) is 2. The second-order valence-electron chi connectivity index (χ2n) is 3.35. The SMILES string of the molecule is CCCNC(=O)CNc1nc(Cl)nc(OCC)n1. The van der Waals surface area contributed by atoms with Crippen molar-refractivity contribution in [3.8, 4) is 6.01 Å². The molecular formula is C10H16ClN5O2. The molecule has 1 heterocycles. The highest BCUT2D eigenvalue weighted by Crippen LogP contribution is 2.10. The van der Waals surface area contributed by atoms with E-state index in [0.29, 0.717) is 13.2 Å². The lowest BCUT2D eigenvalue weighted by Crippen LogP contribution is -2.30. The predicted octanol–water partition coefficient (Wildman–Crippen LogP) is 0.862. The van der Waals surface area contributed by atoms with Gasteiger partial charge in [0.25, 0.3) is 0 Å². The van der Waals surface area contributed by atoms with Gasteiger partial charge < -0.3 is 15.4 Å². The number of aromatic nitrogens is 3. The van der Waals surface area contributed by atoms with E-state index in [1.165, 1.54) is 0 Å². The molecule has 0 fully saturated rings. The van der Waals surface area contributed by atoms with E-state index in [2.05, 4.69) is 25.6 Å². The number of carbonyl (C=O) groups is 1. The molecule has 0 saturated heterocycles. The van der Waals surface area contributed by atoms with Crippen LogP contribution >= 0.6 is 11.6 Å². The number of halogens is 1. The molecule has 18 heavy (non-hydrogen) atoms. The van der Waals surface area contributed by atoms with Crippen molar-refractivity contribution in [2.45, 2.75) is 20.3 Å². The zero-order valence-electron chi connectivity index (χ0n) is 10.4. The van der Waals surface area contributed by atoms with Crippen LogP contribution in [-0.2, 0) is 4.79 Å². The lowest BCUT2D eigenvalue weighted by atomic mass is 10.4. The minimum absolute atomic E-state index is 0.0184. The maximum absolute atomic E-state index is 11.4. The number of anilines is 1. The maximum Gasteiger partial charge on any atom is 0.322 e. The van der Waals surface area contributed by atoms with E-state index in [-0.39, 0.29) is 29.7 Å². The number of ether oxygens (including phenoxy) is 1. The molecule has 0 bridgehead atoms. The van der Waals surface area contributed by atoms with Crippen LogP contribution in [0.5, 0.6) is 6.01 Å². The van der Waals surface area contributed by atoms with Crippen LogP contribution in [0.15, 0.2) is 0 Å². The lowest BCUT2D eigenvalue weighted by Gasteiger charge is -2.07. The van der Waals surface area contributed by atoms with Crippen molar-refractivity contribution in [1.29, 1.82) is 0 Å². The number of amides is 1. The third-order valence-electron chi connectivity index (χ3n) is 1.84. The predicted molar refractivity (Wildman–Crippen MR) is 67.8 cm³/mol. The average molecular weight is 274 g/mol. The van der Waals surface area contributed by atoms with Crippen LogP contribution in [-0.4, -0.2) is 40.6 Å². The molecule has 2 N–H and O–H groups in total. The first-order chi connectivity index (χ1) is 8.65. The van der Waals surface area contributed by atoms with Gasteiger partial charge in [-0.05, 0) is 24.9 Å². The average Bonchev–Trinajstić information content (AvgIpc) is 2.33. The smallest absolute Gasteiger partial charge is 0.322 e. The molecule has 1 rings (SSSR count). The van der Waals surface area contributed by atoms with E-state index in [1.54, 1.807) is 0 Å². The van der Waals surface area contributed by atoms with Gasteiger partial charge in [0.1, 0.15) is 0 Å². The fraction of sp³-hybridized carbons (Fsp3) is 0.600. The highest BCUT2D eigenvalue weighted by Gasteiger charge is 2.07. The van der Waals surface area contributed by atoms with Crippen LogP contribution in [0.1, 0.15) is 20.3 Å². The summed E-state index contributed by atoms with van der Waals surface area (Å²) in [6.45, 7) is 4.93. The Balaban J connectivity index is 2.53. The van der Waals surface area contributed by atoms with E-state index < -0.39 is 0 Å². The molecule has 100 valence electrons. The third kappa shape index (κ3) is 5.13. The Labute approximate surface area is 110 Å². The molecule has 1 amide bonds. The fourth-order valence-electron chi connectivity index (χ4n) is 1.09. The molecule has 1 aromatic heterocycles. The summed E-state index contributed by atoms with van der Waals surface area (Å²) in [5, 5.41) is 5.49. The van der Waals surface area contributed by atoms with E-state index in [9.17, 15) is 4.79 Å². The molecule has 1 aromatic rings. The molecule has 0 radical (unpaired) electrons. The van der Waals surface area contributed by atoms with Crippen LogP contribution in [0.3, 0.4) is 0 Å². The Morgan fingerprint density at radius 3 is 2.78 bits per heavy atom. The normalized spacial score (nSPS) is 9.94. The van der Waals surface area contributed by atoms with Crippen LogP contribution in [0.2, 0.25) is 5.28 Å². The van der Waals surface area contributed by atoms with Crippen molar-refractivity contribution in [1.82, 2.24) is 20.3 Å². The third-order valence-corrected chi connectivity index (χ3v) is 2.01. The van der Waals surface area contributed by atoms with Gasteiger partial charge >= 0.3 is 6.01 Å². The summed E-state index contributed by atoms with van der Waals surface area (Å²) in [5.74, 6) is 0.0800. The van der Waals surface area contributed by atoms with E-state index >= 15 is 0 Å². The van der Waals surface area contributed by atoms with Gasteiger partial charge in [0.05, 0.1) is 13.2 Å². The van der Waals surface area contributed by atoms with Crippen molar-refractivity contribution in [3.05, 3.63) is 5.28 Å². The largest absolute Gasteiger partial charge is 0.464 e. The summed E-state index contributed by atoms with van der Waals surface area (Å²) in [7, 11) is 0. The molecule has 0 aliphatic heterocycles. The fourth-order valence-corrected chi connectivity index (χ4v) is 1.24. The van der Waals surface area contributed by atoms with Crippen LogP contribution < -0.4 is 15.4 Å². The molecule has 0 atom stereocenters. The van der Waals surface area contributed by atoms with E-state index in [1.807, 2.05) is 13.8 Å². The molecule has 0 aliphatic rings. The minimum atomic E-state index is -0.133. The summed E-state index contributed by atoms with van der Waals surface area (Å²) in [6, 6.07) is 0.133. The minimum Gasteiger partial charge on any atom is -0.464 e. The van der Waals surface area contributed by atoms with Gasteiger partial charge in [0, 0.05) is 6.54 Å². The topological polar surface area (TPSA) is 89.0 Å². The Kier molecular flexibility index (Phi) is 6.13. The first kappa shape index (κ1) is 14.4. The van der Waals surface area contributed by atoms with Crippen molar-refractivity contribution < 1.29 is 9.53 Å². The number of hydrogen-bond acceptors (Lipinski definition) is 6. The van der Waals surface area contributed by atoms with Crippen LogP contribution in [0.4, 0.5) is 5.95 Å². The Morgan fingerprint density at radius 1 is 1.33 bits per heavy atom. The Morgan fingerprint density at radius 2 is 2.11 bits per heavy atom. The summed E-state index contributed by atoms with van der Waals surface area (Å²) in [4.78, 5) is 22.9. The van der Waals surface area contributed by atoms with Crippen LogP contribution in [0, 0.1) is 0 Å². The van der Waals surface area contributed by atoms with E-state index in [0.717, 1.165) is 6.42 Å². The molecule has 0 unspecified atom stereocenters. The van der Waals surface area contributed by atoms with Crippen molar-refractivity contribution in [2.24, 2.45) is 0 Å². The van der Waals surface area contributed by atoms with Gasteiger partial charge in [-0.3, -0.25) is 4.79 Å².